The van der Waals surface area contributed by atoms with Gasteiger partial charge in [-0.3, -0.25) is 4.68 Å². The SMILES string of the molecule is CC(C)c1nc(CC(C)(C)N)n(C)n1. The number of hydrogen-bond acceptors (Lipinski definition) is 3. The minimum Gasteiger partial charge on any atom is -0.325 e. The Hall–Kier alpha value is -0.900. The van der Waals surface area contributed by atoms with Crippen LogP contribution in [0.4, 0.5) is 0 Å². The Morgan fingerprint density at radius 1 is 1.43 bits per heavy atom. The van der Waals surface area contributed by atoms with Crippen LogP contribution in [0.2, 0.25) is 0 Å². The van der Waals surface area contributed by atoms with Crippen LogP contribution in [0, 0.1) is 0 Å². The molecule has 0 spiro atoms. The van der Waals surface area contributed by atoms with Gasteiger partial charge in [0.25, 0.3) is 0 Å². The quantitative estimate of drug-likeness (QED) is 0.790. The van der Waals surface area contributed by atoms with E-state index in [-0.39, 0.29) is 5.54 Å². The molecule has 1 aromatic rings. The molecule has 0 aliphatic carbocycles. The van der Waals surface area contributed by atoms with Crippen LogP contribution in [0.25, 0.3) is 0 Å². The molecule has 4 heteroatoms. The monoisotopic (exact) mass is 196 g/mol. The van der Waals surface area contributed by atoms with Gasteiger partial charge in [-0.1, -0.05) is 13.8 Å². The molecule has 1 aromatic heterocycles. The van der Waals surface area contributed by atoms with Crippen molar-refractivity contribution >= 4 is 0 Å². The summed E-state index contributed by atoms with van der Waals surface area (Å²) >= 11 is 0. The summed E-state index contributed by atoms with van der Waals surface area (Å²) in [7, 11) is 1.92. The predicted octanol–water partition coefficient (Wildman–Crippen LogP) is 1.22. The minimum atomic E-state index is -0.227. The second-order valence-corrected chi connectivity index (χ2v) is 4.83. The van der Waals surface area contributed by atoms with Crippen molar-refractivity contribution in [2.24, 2.45) is 12.8 Å². The fourth-order valence-electron chi connectivity index (χ4n) is 1.24. The number of nitrogens with two attached hydrogens (primary N) is 1. The molecule has 14 heavy (non-hydrogen) atoms. The number of hydrogen-bond donors (Lipinski definition) is 1. The smallest absolute Gasteiger partial charge is 0.153 e. The van der Waals surface area contributed by atoms with Gasteiger partial charge in [0.15, 0.2) is 5.82 Å². The maximum absolute atomic E-state index is 5.94. The molecular formula is C10H20N4. The molecular weight excluding hydrogens is 176 g/mol. The summed E-state index contributed by atoms with van der Waals surface area (Å²) in [5.41, 5.74) is 5.71. The molecule has 0 radical (unpaired) electrons. The fraction of sp³-hybridized carbons (Fsp3) is 0.800. The lowest BCUT2D eigenvalue weighted by Gasteiger charge is -2.16. The molecule has 0 fully saturated rings. The van der Waals surface area contributed by atoms with Crippen LogP contribution in [0.15, 0.2) is 0 Å². The highest BCUT2D eigenvalue weighted by Gasteiger charge is 2.17. The highest BCUT2D eigenvalue weighted by molar-refractivity contribution is 5.00. The van der Waals surface area contributed by atoms with Crippen molar-refractivity contribution in [1.82, 2.24) is 14.8 Å². The molecule has 0 bridgehead atoms. The molecule has 0 saturated carbocycles. The molecule has 1 heterocycles. The molecule has 4 nitrogen and oxygen atoms in total. The summed E-state index contributed by atoms with van der Waals surface area (Å²) in [6, 6.07) is 0. The third-order valence-corrected chi connectivity index (χ3v) is 2.00. The Bertz CT molecular complexity index is 306. The highest BCUT2D eigenvalue weighted by Crippen LogP contribution is 2.12. The van der Waals surface area contributed by atoms with Gasteiger partial charge in [-0.2, -0.15) is 5.10 Å². The first kappa shape index (κ1) is 11.2. The molecule has 0 saturated heterocycles. The Balaban J connectivity index is 2.88. The van der Waals surface area contributed by atoms with Crippen molar-refractivity contribution in [2.75, 3.05) is 0 Å². The zero-order valence-corrected chi connectivity index (χ0v) is 9.70. The fourth-order valence-corrected chi connectivity index (χ4v) is 1.24. The van der Waals surface area contributed by atoms with Gasteiger partial charge in [-0.15, -0.1) is 0 Å². The normalized spacial score (nSPS) is 12.5. The Kier molecular flexibility index (Phi) is 2.95. The van der Waals surface area contributed by atoms with E-state index in [1.807, 2.05) is 25.6 Å². The van der Waals surface area contributed by atoms with Gasteiger partial charge in [-0.05, 0) is 13.8 Å². The summed E-state index contributed by atoms with van der Waals surface area (Å²) in [5.74, 6) is 2.23. The van der Waals surface area contributed by atoms with E-state index in [2.05, 4.69) is 23.9 Å². The summed E-state index contributed by atoms with van der Waals surface area (Å²) < 4.78 is 1.82. The van der Waals surface area contributed by atoms with Gasteiger partial charge in [0.2, 0.25) is 0 Å². The average molecular weight is 196 g/mol. The summed E-state index contributed by atoms with van der Waals surface area (Å²) in [5, 5.41) is 4.34. The third kappa shape index (κ3) is 2.80. The van der Waals surface area contributed by atoms with E-state index >= 15 is 0 Å². The van der Waals surface area contributed by atoms with E-state index < -0.39 is 0 Å². The van der Waals surface area contributed by atoms with Crippen LogP contribution >= 0.6 is 0 Å². The van der Waals surface area contributed by atoms with Crippen molar-refractivity contribution in [1.29, 1.82) is 0 Å². The zero-order valence-electron chi connectivity index (χ0n) is 9.70. The summed E-state index contributed by atoms with van der Waals surface area (Å²) in [6.45, 7) is 8.17. The van der Waals surface area contributed by atoms with Crippen molar-refractivity contribution in [2.45, 2.75) is 45.6 Å². The van der Waals surface area contributed by atoms with E-state index in [0.717, 1.165) is 18.1 Å². The van der Waals surface area contributed by atoms with Crippen molar-refractivity contribution in [3.63, 3.8) is 0 Å². The van der Waals surface area contributed by atoms with E-state index in [1.165, 1.54) is 0 Å². The van der Waals surface area contributed by atoms with Crippen LogP contribution in [-0.2, 0) is 13.5 Å². The minimum absolute atomic E-state index is 0.227. The van der Waals surface area contributed by atoms with Crippen LogP contribution in [0.1, 0.15) is 45.3 Å². The largest absolute Gasteiger partial charge is 0.325 e. The number of nitrogens with zero attached hydrogens (tertiary/aromatic N) is 3. The van der Waals surface area contributed by atoms with Crippen LogP contribution in [0.5, 0.6) is 0 Å². The number of aromatic nitrogens is 3. The van der Waals surface area contributed by atoms with Crippen molar-refractivity contribution < 1.29 is 0 Å². The van der Waals surface area contributed by atoms with Crippen LogP contribution < -0.4 is 5.73 Å². The van der Waals surface area contributed by atoms with E-state index in [1.54, 1.807) is 0 Å². The molecule has 0 atom stereocenters. The van der Waals surface area contributed by atoms with Crippen LogP contribution in [-0.4, -0.2) is 20.3 Å². The van der Waals surface area contributed by atoms with E-state index in [4.69, 9.17) is 5.73 Å². The van der Waals surface area contributed by atoms with Gasteiger partial charge in [-0.25, -0.2) is 4.98 Å². The van der Waals surface area contributed by atoms with E-state index in [0.29, 0.717) is 5.92 Å². The lowest BCUT2D eigenvalue weighted by atomic mass is 10.0. The van der Waals surface area contributed by atoms with Gasteiger partial charge in [0, 0.05) is 24.9 Å². The molecule has 0 amide bonds. The highest BCUT2D eigenvalue weighted by atomic mass is 15.3. The Morgan fingerprint density at radius 3 is 2.36 bits per heavy atom. The molecule has 0 aromatic carbocycles. The second-order valence-electron chi connectivity index (χ2n) is 4.83. The van der Waals surface area contributed by atoms with Gasteiger partial charge < -0.3 is 5.73 Å². The number of rotatable bonds is 3. The molecule has 0 aliphatic rings. The van der Waals surface area contributed by atoms with Gasteiger partial charge in [0.05, 0.1) is 0 Å². The molecule has 2 N–H and O–H groups in total. The molecule has 1 rings (SSSR count). The first-order valence-electron chi connectivity index (χ1n) is 4.98. The lowest BCUT2D eigenvalue weighted by molar-refractivity contribution is 0.488. The van der Waals surface area contributed by atoms with Crippen molar-refractivity contribution in [3.05, 3.63) is 11.6 Å². The zero-order chi connectivity index (χ0) is 10.9. The van der Waals surface area contributed by atoms with Gasteiger partial charge in [0.1, 0.15) is 5.82 Å². The van der Waals surface area contributed by atoms with Gasteiger partial charge >= 0.3 is 0 Å². The maximum Gasteiger partial charge on any atom is 0.153 e. The van der Waals surface area contributed by atoms with E-state index in [9.17, 15) is 0 Å². The van der Waals surface area contributed by atoms with Crippen LogP contribution in [0.3, 0.4) is 0 Å². The first-order chi connectivity index (χ1) is 6.29. The maximum atomic E-state index is 5.94. The Morgan fingerprint density at radius 2 is 2.00 bits per heavy atom. The topological polar surface area (TPSA) is 56.7 Å². The summed E-state index contributed by atoms with van der Waals surface area (Å²) in [6.07, 6.45) is 0.753. The first-order valence-corrected chi connectivity index (χ1v) is 4.98. The van der Waals surface area contributed by atoms with Crippen molar-refractivity contribution in [3.8, 4) is 0 Å². The number of aryl methyl sites for hydroxylation is 1. The second kappa shape index (κ2) is 3.69. The standard InChI is InChI=1S/C10H20N4/c1-7(2)9-12-8(14(5)13-9)6-10(3,4)11/h7H,6,11H2,1-5H3. The third-order valence-electron chi connectivity index (χ3n) is 2.00. The molecule has 80 valence electrons. The molecule has 0 aliphatic heterocycles. The lowest BCUT2D eigenvalue weighted by Crippen LogP contribution is -2.35. The molecule has 0 unspecified atom stereocenters. The summed E-state index contributed by atoms with van der Waals surface area (Å²) in [4.78, 5) is 4.47. The predicted molar refractivity (Wildman–Crippen MR) is 57.1 cm³/mol. The average Bonchev–Trinajstić information content (AvgIpc) is 2.29. The Labute approximate surface area is 85.5 Å².